The fraction of sp³-hybridized carbons (Fsp3) is 0.207. The summed E-state index contributed by atoms with van der Waals surface area (Å²) < 4.78 is 5.23. The van der Waals surface area contributed by atoms with E-state index in [0.717, 1.165) is 40.2 Å². The molecule has 2 aliphatic rings. The van der Waals surface area contributed by atoms with Gasteiger partial charge in [0.25, 0.3) is 5.91 Å². The lowest BCUT2D eigenvalue weighted by atomic mass is 10.1. The first-order valence-electron chi connectivity index (χ1n) is 11.8. The Hall–Kier alpha value is -3.84. The van der Waals surface area contributed by atoms with E-state index in [0.29, 0.717) is 17.4 Å². The predicted octanol–water partition coefficient (Wildman–Crippen LogP) is 5.38. The maximum atomic E-state index is 13.5. The minimum Gasteiger partial charge on any atom is -0.497 e. The molecule has 182 valence electrons. The van der Waals surface area contributed by atoms with Gasteiger partial charge in [-0.2, -0.15) is 0 Å². The minimum atomic E-state index is -0.211. The highest BCUT2D eigenvalue weighted by Crippen LogP contribution is 2.32. The van der Waals surface area contributed by atoms with Gasteiger partial charge in [-0.3, -0.25) is 14.5 Å². The maximum absolute atomic E-state index is 13.5. The number of aryl methyl sites for hydroxylation is 2. The molecule has 2 amide bonds. The zero-order chi connectivity index (χ0) is 25.2. The Morgan fingerprint density at radius 3 is 2.50 bits per heavy atom. The van der Waals surface area contributed by atoms with Crippen LogP contribution < -0.4 is 14.5 Å². The highest BCUT2D eigenvalue weighted by Gasteiger charge is 2.33. The fourth-order valence-corrected chi connectivity index (χ4v) is 5.45. The molecular weight excluding hydrogens is 470 g/mol. The van der Waals surface area contributed by atoms with E-state index in [1.165, 1.54) is 17.3 Å². The summed E-state index contributed by atoms with van der Waals surface area (Å²) in [5.74, 6) is 0.733. The number of rotatable bonds is 5. The summed E-state index contributed by atoms with van der Waals surface area (Å²) in [6, 6.07) is 21.5. The molecule has 2 heterocycles. The number of anilines is 2. The van der Waals surface area contributed by atoms with Gasteiger partial charge in [0, 0.05) is 12.2 Å². The lowest BCUT2D eigenvalue weighted by molar-refractivity contribution is -0.116. The number of carbonyl (C=O) groups is 2. The van der Waals surface area contributed by atoms with Crippen LogP contribution in [0, 0.1) is 13.8 Å². The van der Waals surface area contributed by atoms with E-state index in [1.54, 1.807) is 18.1 Å². The first-order chi connectivity index (χ1) is 17.4. The van der Waals surface area contributed by atoms with Crippen molar-refractivity contribution in [1.82, 2.24) is 0 Å². The molecule has 0 N–H and O–H groups in total. The molecule has 3 aromatic carbocycles. The molecule has 7 heteroatoms. The molecular formula is C29H27N3O3S. The van der Waals surface area contributed by atoms with Crippen molar-refractivity contribution >= 4 is 46.2 Å². The topological polar surface area (TPSA) is 62.2 Å². The Kier molecular flexibility index (Phi) is 6.65. The van der Waals surface area contributed by atoms with E-state index in [2.05, 4.69) is 17.1 Å². The molecule has 36 heavy (non-hydrogen) atoms. The molecule has 3 aromatic rings. The monoisotopic (exact) mass is 497 g/mol. The molecule has 0 atom stereocenters. The van der Waals surface area contributed by atoms with Gasteiger partial charge >= 0.3 is 0 Å². The van der Waals surface area contributed by atoms with Gasteiger partial charge in [0.2, 0.25) is 5.91 Å². The largest absolute Gasteiger partial charge is 0.497 e. The molecule has 5 rings (SSSR count). The summed E-state index contributed by atoms with van der Waals surface area (Å²) in [7, 11) is 1.62. The van der Waals surface area contributed by atoms with Crippen molar-refractivity contribution in [2.75, 3.05) is 29.2 Å². The van der Waals surface area contributed by atoms with Crippen LogP contribution in [0.25, 0.3) is 6.08 Å². The van der Waals surface area contributed by atoms with Crippen LogP contribution in [0.15, 0.2) is 77.4 Å². The summed E-state index contributed by atoms with van der Waals surface area (Å²) in [6.07, 6.45) is 2.62. The van der Waals surface area contributed by atoms with Crippen LogP contribution in [0.3, 0.4) is 0 Å². The van der Waals surface area contributed by atoms with Crippen LogP contribution in [-0.2, 0) is 16.0 Å². The highest BCUT2D eigenvalue weighted by atomic mass is 32.2. The van der Waals surface area contributed by atoms with Gasteiger partial charge < -0.3 is 9.64 Å². The van der Waals surface area contributed by atoms with E-state index in [-0.39, 0.29) is 17.6 Å². The SMILES string of the molecule is COc1ccc(/C=C2\N=C(SCC(=O)N3CCc4ccccc43)N(c3cc(C)cc(C)c3)C2=O)cc1. The smallest absolute Gasteiger partial charge is 0.283 e. The van der Waals surface area contributed by atoms with Crippen LogP contribution in [0.2, 0.25) is 0 Å². The number of aliphatic imine (C=N–C) groups is 1. The van der Waals surface area contributed by atoms with Crippen LogP contribution >= 0.6 is 11.8 Å². The predicted molar refractivity (Wildman–Crippen MR) is 147 cm³/mol. The number of methoxy groups -OCH3 is 1. The van der Waals surface area contributed by atoms with Gasteiger partial charge in [0.15, 0.2) is 5.17 Å². The molecule has 0 spiro atoms. The summed E-state index contributed by atoms with van der Waals surface area (Å²) >= 11 is 1.30. The van der Waals surface area contributed by atoms with Crippen molar-refractivity contribution in [1.29, 1.82) is 0 Å². The van der Waals surface area contributed by atoms with Crippen molar-refractivity contribution in [3.05, 3.63) is 94.7 Å². The number of benzene rings is 3. The van der Waals surface area contributed by atoms with Crippen LogP contribution in [0.1, 0.15) is 22.3 Å². The highest BCUT2D eigenvalue weighted by molar-refractivity contribution is 8.14. The number of hydrogen-bond acceptors (Lipinski definition) is 5. The minimum absolute atomic E-state index is 0.00746. The normalized spacial score (nSPS) is 15.9. The van der Waals surface area contributed by atoms with E-state index in [1.807, 2.05) is 73.3 Å². The maximum Gasteiger partial charge on any atom is 0.283 e. The molecule has 0 radical (unpaired) electrons. The number of carbonyl (C=O) groups excluding carboxylic acids is 2. The Morgan fingerprint density at radius 2 is 1.78 bits per heavy atom. The second kappa shape index (κ2) is 10.0. The third kappa shape index (κ3) is 4.79. The van der Waals surface area contributed by atoms with E-state index in [4.69, 9.17) is 4.74 Å². The van der Waals surface area contributed by atoms with Gasteiger partial charge in [-0.15, -0.1) is 0 Å². The number of para-hydroxylation sites is 1. The van der Waals surface area contributed by atoms with Crippen molar-refractivity contribution in [2.24, 2.45) is 4.99 Å². The molecule has 0 saturated carbocycles. The lowest BCUT2D eigenvalue weighted by Gasteiger charge is -2.20. The second-order valence-corrected chi connectivity index (χ2v) is 9.84. The van der Waals surface area contributed by atoms with Gasteiger partial charge in [-0.1, -0.05) is 48.2 Å². The first-order valence-corrected chi connectivity index (χ1v) is 12.8. The lowest BCUT2D eigenvalue weighted by Crippen LogP contribution is -2.34. The summed E-state index contributed by atoms with van der Waals surface area (Å²) in [6.45, 7) is 4.68. The molecule has 0 bridgehead atoms. The molecule has 6 nitrogen and oxygen atoms in total. The molecule has 0 saturated heterocycles. The summed E-state index contributed by atoms with van der Waals surface area (Å²) in [5, 5.41) is 0.505. The standard InChI is InChI=1S/C29H27N3O3S/c1-19-14-20(2)16-23(15-19)32-28(34)25(17-21-8-10-24(35-3)11-9-21)30-29(32)36-18-27(33)31-13-12-22-6-4-5-7-26(22)31/h4-11,14-17H,12-13,18H2,1-3H3/b25-17-. The quantitative estimate of drug-likeness (QED) is 0.444. The Morgan fingerprint density at radius 1 is 1.06 bits per heavy atom. The number of ether oxygens (including phenoxy) is 1. The van der Waals surface area contributed by atoms with E-state index >= 15 is 0 Å². The molecule has 0 aliphatic carbocycles. The first kappa shape index (κ1) is 23.9. The van der Waals surface area contributed by atoms with Crippen molar-refractivity contribution < 1.29 is 14.3 Å². The number of hydrogen-bond donors (Lipinski definition) is 0. The van der Waals surface area contributed by atoms with Crippen LogP contribution in [-0.4, -0.2) is 36.4 Å². The van der Waals surface area contributed by atoms with Crippen molar-refractivity contribution in [3.63, 3.8) is 0 Å². The number of thioether (sulfide) groups is 1. The van der Waals surface area contributed by atoms with Crippen LogP contribution in [0.5, 0.6) is 5.75 Å². The van der Waals surface area contributed by atoms with Crippen LogP contribution in [0.4, 0.5) is 11.4 Å². The van der Waals surface area contributed by atoms with E-state index in [9.17, 15) is 9.59 Å². The third-order valence-corrected chi connectivity index (χ3v) is 7.15. The summed E-state index contributed by atoms with van der Waals surface area (Å²) in [5.41, 5.74) is 6.20. The average Bonchev–Trinajstić information content (AvgIpc) is 3.43. The fourth-order valence-electron chi connectivity index (χ4n) is 4.56. The third-order valence-electron chi connectivity index (χ3n) is 6.23. The zero-order valence-electron chi connectivity index (χ0n) is 20.5. The Balaban J connectivity index is 1.43. The number of nitrogens with zero attached hydrogens (tertiary/aromatic N) is 3. The van der Waals surface area contributed by atoms with Gasteiger partial charge in [0.05, 0.1) is 18.6 Å². The van der Waals surface area contributed by atoms with Crippen molar-refractivity contribution in [3.8, 4) is 5.75 Å². The van der Waals surface area contributed by atoms with E-state index < -0.39 is 0 Å². The molecule has 0 aromatic heterocycles. The molecule has 0 unspecified atom stereocenters. The molecule has 0 fully saturated rings. The Bertz CT molecular complexity index is 1370. The summed E-state index contributed by atoms with van der Waals surface area (Å²) in [4.78, 5) is 34.8. The van der Waals surface area contributed by atoms with Gasteiger partial charge in [-0.05, 0) is 78.9 Å². The average molecular weight is 498 g/mol. The second-order valence-electron chi connectivity index (χ2n) is 8.90. The number of amides is 2. The zero-order valence-corrected chi connectivity index (χ0v) is 21.3. The molecule has 2 aliphatic heterocycles. The number of amidine groups is 1. The van der Waals surface area contributed by atoms with Crippen molar-refractivity contribution in [2.45, 2.75) is 20.3 Å². The van der Waals surface area contributed by atoms with Gasteiger partial charge in [0.1, 0.15) is 11.4 Å². The Labute approximate surface area is 215 Å². The number of fused-ring (bicyclic) bond motifs is 1. The van der Waals surface area contributed by atoms with Gasteiger partial charge in [-0.25, -0.2) is 4.99 Å².